The summed E-state index contributed by atoms with van der Waals surface area (Å²) < 4.78 is 9.50. The van der Waals surface area contributed by atoms with E-state index in [2.05, 4.69) is 22.6 Å². The minimum absolute atomic E-state index is 0.112. The summed E-state index contributed by atoms with van der Waals surface area (Å²) in [4.78, 5) is 35.1. The topological polar surface area (TPSA) is 84.9 Å². The molecular weight excluding hydrogens is 312 g/mol. The second-order valence-corrected chi connectivity index (χ2v) is 4.75. The van der Waals surface area contributed by atoms with Gasteiger partial charge < -0.3 is 14.4 Å². The molecule has 0 aromatic rings. The van der Waals surface area contributed by atoms with E-state index in [4.69, 9.17) is 11.2 Å². The third-order valence-corrected chi connectivity index (χ3v) is 2.98. The fourth-order valence-electron chi connectivity index (χ4n) is 1.70. The summed E-state index contributed by atoms with van der Waals surface area (Å²) in [6, 6.07) is 0. The van der Waals surface area contributed by atoms with Crippen molar-refractivity contribution in [3.63, 3.8) is 0 Å². The number of rotatable bonds is 10. The minimum atomic E-state index is -1.68. The van der Waals surface area contributed by atoms with E-state index in [0.717, 1.165) is 7.11 Å². The molecule has 0 aliphatic heterocycles. The first-order valence-electron chi connectivity index (χ1n) is 6.96. The molecule has 1 N–H and O–H groups in total. The van der Waals surface area contributed by atoms with Crippen molar-refractivity contribution < 1.29 is 23.9 Å². The lowest BCUT2D eigenvalue weighted by Crippen LogP contribution is -2.56. The zero-order chi connectivity index (χ0) is 18.6. The Bertz CT molecular complexity index is 574. The summed E-state index contributed by atoms with van der Waals surface area (Å²) in [5, 5.41) is 2.24. The number of carbonyl (C=O) groups excluding carboxylic acids is 3. The highest BCUT2D eigenvalue weighted by atomic mass is 16.5. The Balaban J connectivity index is 5.04. The van der Waals surface area contributed by atoms with Crippen LogP contribution in [-0.2, 0) is 19.1 Å². The van der Waals surface area contributed by atoms with Gasteiger partial charge in [0.25, 0.3) is 0 Å². The molecule has 0 fully saturated rings. The lowest BCUT2D eigenvalue weighted by Gasteiger charge is -2.28. The number of amides is 2. The molecule has 1 atom stereocenters. The fraction of sp³-hybridized carbons (Fsp3) is 0.353. The van der Waals surface area contributed by atoms with E-state index in [1.165, 1.54) is 12.0 Å². The van der Waals surface area contributed by atoms with Crippen LogP contribution in [0, 0.1) is 12.3 Å². The van der Waals surface area contributed by atoms with Crippen LogP contribution in [0.3, 0.4) is 0 Å². The first kappa shape index (κ1) is 21.0. The third-order valence-electron chi connectivity index (χ3n) is 2.98. The van der Waals surface area contributed by atoms with Gasteiger partial charge in [0.05, 0.1) is 20.8 Å². The van der Waals surface area contributed by atoms with Gasteiger partial charge >= 0.3 is 6.09 Å². The Labute approximate surface area is 142 Å². The SMILES string of the molecule is C#C[C@](C=O)(CN(C=O)CC(=C)/C=C\C(=C/C)OC)NC(=O)OC. The van der Waals surface area contributed by atoms with Gasteiger partial charge in [-0.2, -0.15) is 0 Å². The summed E-state index contributed by atoms with van der Waals surface area (Å²) in [5.41, 5.74) is -1.10. The van der Waals surface area contributed by atoms with Crippen LogP contribution in [-0.4, -0.2) is 56.5 Å². The van der Waals surface area contributed by atoms with Crippen LogP contribution in [0.5, 0.6) is 0 Å². The molecule has 0 radical (unpaired) electrons. The Morgan fingerprint density at radius 2 is 2.00 bits per heavy atom. The van der Waals surface area contributed by atoms with Gasteiger partial charge in [-0.25, -0.2) is 4.79 Å². The predicted octanol–water partition coefficient (Wildman–Crippen LogP) is 1.03. The first-order chi connectivity index (χ1) is 11.4. The van der Waals surface area contributed by atoms with Gasteiger partial charge in [-0.1, -0.05) is 18.6 Å². The fourth-order valence-corrected chi connectivity index (χ4v) is 1.70. The highest BCUT2D eigenvalue weighted by Crippen LogP contribution is 2.07. The number of allylic oxidation sites excluding steroid dienone is 2. The number of alkyl carbamates (subject to hydrolysis) is 1. The van der Waals surface area contributed by atoms with Gasteiger partial charge in [-0.15, -0.1) is 6.42 Å². The number of carbonyl (C=O) groups is 3. The van der Waals surface area contributed by atoms with E-state index in [9.17, 15) is 14.4 Å². The van der Waals surface area contributed by atoms with Crippen molar-refractivity contribution in [1.29, 1.82) is 0 Å². The average molecular weight is 334 g/mol. The van der Waals surface area contributed by atoms with Crippen LogP contribution in [0.25, 0.3) is 0 Å². The number of terminal acetylenes is 1. The summed E-state index contributed by atoms with van der Waals surface area (Å²) in [7, 11) is 2.67. The largest absolute Gasteiger partial charge is 0.497 e. The molecule has 0 saturated heterocycles. The van der Waals surface area contributed by atoms with Gasteiger partial charge in [0.2, 0.25) is 6.41 Å². The van der Waals surface area contributed by atoms with Crippen molar-refractivity contribution >= 4 is 18.8 Å². The van der Waals surface area contributed by atoms with Crippen LogP contribution in [0.15, 0.2) is 36.1 Å². The van der Waals surface area contributed by atoms with Crippen molar-refractivity contribution in [3.05, 3.63) is 36.1 Å². The second kappa shape index (κ2) is 10.7. The van der Waals surface area contributed by atoms with Gasteiger partial charge in [0.1, 0.15) is 5.76 Å². The van der Waals surface area contributed by atoms with Crippen molar-refractivity contribution in [2.75, 3.05) is 27.3 Å². The molecule has 7 nitrogen and oxygen atoms in total. The number of nitrogens with zero attached hydrogens (tertiary/aromatic N) is 1. The molecule has 24 heavy (non-hydrogen) atoms. The highest BCUT2D eigenvalue weighted by Gasteiger charge is 2.32. The van der Waals surface area contributed by atoms with Crippen LogP contribution >= 0.6 is 0 Å². The number of nitrogens with one attached hydrogen (secondary N) is 1. The maximum atomic E-state index is 11.3. The maximum Gasteiger partial charge on any atom is 0.408 e. The Hall–Kier alpha value is -3.01. The summed E-state index contributed by atoms with van der Waals surface area (Å²) >= 11 is 0. The standard InChI is InChI=1S/C17H22N2O5/c1-6-15(23-4)9-8-14(3)10-19(13-21)11-17(7-2,12-20)18-16(22)24-5/h2,6,8-9,12-13H,3,10-11H2,1,4-5H3,(H,18,22)/b9-8-,15-6+/t17-/m1/s1. The molecule has 130 valence electrons. The van der Waals surface area contributed by atoms with Crippen molar-refractivity contribution in [1.82, 2.24) is 10.2 Å². The van der Waals surface area contributed by atoms with Gasteiger partial charge in [0, 0.05) is 6.54 Å². The summed E-state index contributed by atoms with van der Waals surface area (Å²) in [6.07, 6.45) is 10.5. The molecular formula is C17H22N2O5. The molecule has 0 bridgehead atoms. The third kappa shape index (κ3) is 6.83. The van der Waals surface area contributed by atoms with Gasteiger partial charge in [-0.05, 0) is 24.6 Å². The lowest BCUT2D eigenvalue weighted by molar-refractivity contribution is -0.119. The van der Waals surface area contributed by atoms with Gasteiger partial charge in [0.15, 0.2) is 11.8 Å². The lowest BCUT2D eigenvalue weighted by atomic mass is 10.0. The zero-order valence-electron chi connectivity index (χ0n) is 14.1. The van der Waals surface area contributed by atoms with E-state index in [1.54, 1.807) is 18.2 Å². The molecule has 2 amide bonds. The molecule has 0 aromatic carbocycles. The number of ether oxygens (including phenoxy) is 2. The monoisotopic (exact) mass is 334 g/mol. The number of methoxy groups -OCH3 is 2. The Kier molecular flexibility index (Phi) is 9.33. The van der Waals surface area contributed by atoms with Crippen LogP contribution < -0.4 is 5.32 Å². The number of hydrogen-bond acceptors (Lipinski definition) is 5. The van der Waals surface area contributed by atoms with Gasteiger partial charge in [-0.3, -0.25) is 14.9 Å². The molecule has 0 rings (SSSR count). The van der Waals surface area contributed by atoms with Crippen molar-refractivity contribution in [2.24, 2.45) is 0 Å². The van der Waals surface area contributed by atoms with Crippen LogP contribution in [0.2, 0.25) is 0 Å². The Morgan fingerprint density at radius 1 is 1.33 bits per heavy atom. The summed E-state index contributed by atoms with van der Waals surface area (Å²) in [6.45, 7) is 5.52. The van der Waals surface area contributed by atoms with E-state index in [-0.39, 0.29) is 13.1 Å². The number of aldehydes is 1. The van der Waals surface area contributed by atoms with E-state index < -0.39 is 11.6 Å². The highest BCUT2D eigenvalue weighted by molar-refractivity contribution is 5.80. The van der Waals surface area contributed by atoms with E-state index in [1.807, 2.05) is 6.92 Å². The van der Waals surface area contributed by atoms with Crippen molar-refractivity contribution in [3.8, 4) is 12.3 Å². The molecule has 7 heteroatoms. The zero-order valence-corrected chi connectivity index (χ0v) is 14.1. The molecule has 0 saturated carbocycles. The molecule has 0 unspecified atom stereocenters. The predicted molar refractivity (Wildman–Crippen MR) is 89.9 cm³/mol. The first-order valence-corrected chi connectivity index (χ1v) is 6.96. The Morgan fingerprint density at radius 3 is 2.42 bits per heavy atom. The van der Waals surface area contributed by atoms with E-state index in [0.29, 0.717) is 24.0 Å². The quantitative estimate of drug-likeness (QED) is 0.279. The summed E-state index contributed by atoms with van der Waals surface area (Å²) in [5.74, 6) is 2.81. The normalized spacial score (nSPS) is 13.3. The second-order valence-electron chi connectivity index (χ2n) is 4.75. The maximum absolute atomic E-state index is 11.3. The average Bonchev–Trinajstić information content (AvgIpc) is 2.60. The van der Waals surface area contributed by atoms with Crippen LogP contribution in [0.1, 0.15) is 6.92 Å². The van der Waals surface area contributed by atoms with Crippen molar-refractivity contribution in [2.45, 2.75) is 12.5 Å². The molecule has 0 aliphatic rings. The van der Waals surface area contributed by atoms with E-state index >= 15 is 0 Å². The number of hydrogen-bond donors (Lipinski definition) is 1. The smallest absolute Gasteiger partial charge is 0.408 e. The van der Waals surface area contributed by atoms with Crippen LogP contribution in [0.4, 0.5) is 4.79 Å². The minimum Gasteiger partial charge on any atom is -0.497 e. The molecule has 0 aromatic heterocycles. The molecule has 0 aliphatic carbocycles. The molecule has 0 spiro atoms. The molecule has 0 heterocycles.